The fraction of sp³-hybridized carbons (Fsp3) is 0.267. The number of benzene rings is 2. The lowest BCUT2D eigenvalue weighted by atomic mass is 9.96. The predicted octanol–water partition coefficient (Wildman–Crippen LogP) is 4.70. The smallest absolute Gasteiger partial charge is 0.475 e. The number of aromatic amines is 1. The van der Waals surface area contributed by atoms with Crippen LogP contribution in [0.3, 0.4) is 0 Å². The molecule has 9 nitrogen and oxygen atoms in total. The van der Waals surface area contributed by atoms with Gasteiger partial charge < -0.3 is 25.6 Å². The Hall–Kier alpha value is -4.87. The van der Waals surface area contributed by atoms with Gasteiger partial charge in [-0.3, -0.25) is 14.6 Å². The molecule has 1 saturated heterocycles. The van der Waals surface area contributed by atoms with Crippen LogP contribution in [0.15, 0.2) is 85.3 Å². The first-order chi connectivity index (χ1) is 20.1. The van der Waals surface area contributed by atoms with Crippen LogP contribution in [0.4, 0.5) is 18.9 Å². The lowest BCUT2D eigenvalue weighted by Crippen LogP contribution is -2.43. The number of hydrogen-bond donors (Lipinski definition) is 4. The van der Waals surface area contributed by atoms with E-state index in [0.717, 1.165) is 42.4 Å². The lowest BCUT2D eigenvalue weighted by Gasteiger charge is -2.33. The Balaban J connectivity index is 0.000000517. The summed E-state index contributed by atoms with van der Waals surface area (Å²) in [4.78, 5) is 44.8. The fourth-order valence-corrected chi connectivity index (χ4v) is 4.65. The number of alkyl halides is 3. The van der Waals surface area contributed by atoms with Crippen molar-refractivity contribution >= 4 is 34.4 Å². The van der Waals surface area contributed by atoms with E-state index in [0.29, 0.717) is 18.0 Å². The number of aliphatic carboxylic acids is 1. The minimum Gasteiger partial charge on any atom is -0.475 e. The summed E-state index contributed by atoms with van der Waals surface area (Å²) in [5.41, 5.74) is 3.34. The van der Waals surface area contributed by atoms with Gasteiger partial charge in [0.1, 0.15) is 6.04 Å². The molecule has 1 aliphatic heterocycles. The third-order valence-electron chi connectivity index (χ3n) is 6.94. The number of carbonyl (C=O) groups is 3. The van der Waals surface area contributed by atoms with E-state index in [2.05, 4.69) is 25.5 Å². The van der Waals surface area contributed by atoms with Crippen LogP contribution in [0.2, 0.25) is 0 Å². The molecular formula is C30H30F3N5O4. The van der Waals surface area contributed by atoms with Gasteiger partial charge in [0.05, 0.1) is 0 Å². The maximum atomic E-state index is 13.3. The van der Waals surface area contributed by atoms with Gasteiger partial charge in [0.2, 0.25) is 5.91 Å². The van der Waals surface area contributed by atoms with Crippen molar-refractivity contribution in [3.8, 4) is 0 Å². The molecule has 220 valence electrons. The fourth-order valence-electron chi connectivity index (χ4n) is 4.65. The predicted molar refractivity (Wildman–Crippen MR) is 151 cm³/mol. The number of carboxylic acid groups (broad SMARTS) is 1. The van der Waals surface area contributed by atoms with E-state index in [1.165, 1.54) is 5.69 Å². The molecule has 0 aliphatic carbocycles. The summed E-state index contributed by atoms with van der Waals surface area (Å²) in [6, 6.07) is 20.1. The summed E-state index contributed by atoms with van der Waals surface area (Å²) in [6.45, 7) is 2.49. The average molecular weight is 582 g/mol. The first kappa shape index (κ1) is 30.1. The van der Waals surface area contributed by atoms with Gasteiger partial charge >= 0.3 is 12.1 Å². The minimum atomic E-state index is -5.08. The van der Waals surface area contributed by atoms with Gasteiger partial charge in [0.15, 0.2) is 0 Å². The quantitative estimate of drug-likeness (QED) is 0.251. The molecule has 1 fully saturated rings. The number of anilines is 1. The van der Waals surface area contributed by atoms with Crippen LogP contribution in [0.1, 0.15) is 34.8 Å². The van der Waals surface area contributed by atoms with Crippen molar-refractivity contribution in [2.75, 3.05) is 24.5 Å². The van der Waals surface area contributed by atoms with E-state index in [9.17, 15) is 22.8 Å². The first-order valence-corrected chi connectivity index (χ1v) is 13.3. The van der Waals surface area contributed by atoms with Gasteiger partial charge in [-0.25, -0.2) is 4.79 Å². The number of aromatic nitrogens is 2. The number of nitrogens with zero attached hydrogens (tertiary/aromatic N) is 2. The molecule has 1 aliphatic rings. The Morgan fingerprint density at radius 3 is 2.31 bits per heavy atom. The van der Waals surface area contributed by atoms with Gasteiger partial charge in [-0.15, -0.1) is 0 Å². The monoisotopic (exact) mass is 581 g/mol. The SMILES string of the molecule is O=C(N[C@@H](C(=O)NCC1CCN(c2ccncc2)CC1)c1ccccc1)c1ccc2cc[nH]c2c1.O=C(O)C(F)(F)F. The zero-order valence-corrected chi connectivity index (χ0v) is 22.5. The van der Waals surface area contributed by atoms with Crippen molar-refractivity contribution in [1.82, 2.24) is 20.6 Å². The van der Waals surface area contributed by atoms with E-state index in [-0.39, 0.29) is 11.8 Å². The second-order valence-electron chi connectivity index (χ2n) is 9.78. The molecule has 42 heavy (non-hydrogen) atoms. The van der Waals surface area contributed by atoms with Crippen LogP contribution in [0.25, 0.3) is 10.9 Å². The summed E-state index contributed by atoms with van der Waals surface area (Å²) in [6.07, 6.45) is 2.39. The second-order valence-corrected chi connectivity index (χ2v) is 9.78. The van der Waals surface area contributed by atoms with Crippen LogP contribution in [-0.2, 0) is 9.59 Å². The van der Waals surface area contributed by atoms with Gasteiger partial charge in [0.25, 0.3) is 5.91 Å². The van der Waals surface area contributed by atoms with Crippen LogP contribution >= 0.6 is 0 Å². The Morgan fingerprint density at radius 1 is 1.00 bits per heavy atom. The van der Waals surface area contributed by atoms with Gasteiger partial charge in [0, 0.05) is 55.0 Å². The van der Waals surface area contributed by atoms with E-state index < -0.39 is 18.2 Å². The second kappa shape index (κ2) is 13.7. The van der Waals surface area contributed by atoms with Gasteiger partial charge in [-0.1, -0.05) is 36.4 Å². The normalized spacial score (nSPS) is 14.4. The molecule has 2 amide bonds. The van der Waals surface area contributed by atoms with Crippen molar-refractivity contribution in [2.24, 2.45) is 5.92 Å². The molecule has 0 bridgehead atoms. The van der Waals surface area contributed by atoms with Crippen molar-refractivity contribution < 1.29 is 32.7 Å². The standard InChI is InChI=1S/C28H29N5O2.C2HF3O2/c34-27(23-7-6-21-8-15-30-25(21)18-23)32-26(22-4-2-1-3-5-22)28(35)31-19-20-11-16-33(17-12-20)24-9-13-29-14-10-24;3-2(4,5)1(6)7/h1-10,13-15,18,20,26,30H,11-12,16-17,19H2,(H,31,35)(H,32,34);(H,6,7)/t26-;/m1./s1. The molecule has 1 atom stereocenters. The highest BCUT2D eigenvalue weighted by Crippen LogP contribution is 2.23. The van der Waals surface area contributed by atoms with Crippen LogP contribution in [0.5, 0.6) is 0 Å². The zero-order chi connectivity index (χ0) is 30.1. The molecule has 4 aromatic rings. The maximum absolute atomic E-state index is 13.3. The number of piperidine rings is 1. The molecule has 0 spiro atoms. The summed E-state index contributed by atoms with van der Waals surface area (Å²) in [7, 11) is 0. The number of amides is 2. The summed E-state index contributed by atoms with van der Waals surface area (Å²) >= 11 is 0. The third-order valence-corrected chi connectivity index (χ3v) is 6.94. The molecular weight excluding hydrogens is 551 g/mol. The number of rotatable bonds is 7. The number of H-pyrrole nitrogens is 1. The molecule has 3 heterocycles. The minimum absolute atomic E-state index is 0.193. The molecule has 0 radical (unpaired) electrons. The van der Waals surface area contributed by atoms with E-state index in [1.54, 1.807) is 12.1 Å². The zero-order valence-electron chi connectivity index (χ0n) is 22.5. The van der Waals surface area contributed by atoms with Crippen LogP contribution < -0.4 is 15.5 Å². The first-order valence-electron chi connectivity index (χ1n) is 13.3. The van der Waals surface area contributed by atoms with Crippen molar-refractivity contribution in [3.05, 3.63) is 96.4 Å². The molecule has 2 aromatic carbocycles. The molecule has 0 saturated carbocycles. The lowest BCUT2D eigenvalue weighted by molar-refractivity contribution is -0.192. The third kappa shape index (κ3) is 8.09. The highest BCUT2D eigenvalue weighted by atomic mass is 19.4. The van der Waals surface area contributed by atoms with E-state index in [1.807, 2.05) is 73.2 Å². The number of fused-ring (bicyclic) bond motifs is 1. The molecule has 5 rings (SSSR count). The highest BCUT2D eigenvalue weighted by Gasteiger charge is 2.38. The van der Waals surface area contributed by atoms with Gasteiger partial charge in [-0.2, -0.15) is 13.2 Å². The van der Waals surface area contributed by atoms with E-state index in [4.69, 9.17) is 9.90 Å². The number of carbonyl (C=O) groups excluding carboxylic acids is 2. The summed E-state index contributed by atoms with van der Waals surface area (Å²) in [5.74, 6) is -2.83. The molecule has 4 N–H and O–H groups in total. The number of carboxylic acids is 1. The summed E-state index contributed by atoms with van der Waals surface area (Å²) in [5, 5.41) is 14.2. The highest BCUT2D eigenvalue weighted by molar-refractivity contribution is 6.00. The number of nitrogens with one attached hydrogen (secondary N) is 3. The van der Waals surface area contributed by atoms with E-state index >= 15 is 0 Å². The Morgan fingerprint density at radius 2 is 1.67 bits per heavy atom. The molecule has 0 unspecified atom stereocenters. The van der Waals surface area contributed by atoms with Crippen molar-refractivity contribution in [2.45, 2.75) is 25.1 Å². The van der Waals surface area contributed by atoms with Crippen LogP contribution in [0, 0.1) is 5.92 Å². The molecule has 12 heteroatoms. The number of halogens is 3. The van der Waals surface area contributed by atoms with Gasteiger partial charge in [-0.05, 0) is 60.0 Å². The number of hydrogen-bond acceptors (Lipinski definition) is 5. The van der Waals surface area contributed by atoms with Crippen LogP contribution in [-0.4, -0.2) is 58.7 Å². The summed E-state index contributed by atoms with van der Waals surface area (Å²) < 4.78 is 31.7. The van der Waals surface area contributed by atoms with Crippen molar-refractivity contribution in [1.29, 1.82) is 0 Å². The molecule has 2 aromatic heterocycles. The topological polar surface area (TPSA) is 127 Å². The maximum Gasteiger partial charge on any atom is 0.490 e. The van der Waals surface area contributed by atoms with Crippen molar-refractivity contribution in [3.63, 3.8) is 0 Å². The number of pyridine rings is 1. The Kier molecular flexibility index (Phi) is 9.79. The Labute approximate surface area is 239 Å². The Bertz CT molecular complexity index is 1490. The average Bonchev–Trinajstić information content (AvgIpc) is 3.48. The largest absolute Gasteiger partial charge is 0.490 e.